The number of aryl methyl sites for hydroxylation is 1. The molecule has 2 amide bonds. The number of amides is 2. The molecule has 1 aromatic carbocycles. The minimum atomic E-state index is -0.941. The van der Waals surface area contributed by atoms with Crippen molar-refractivity contribution in [3.8, 4) is 0 Å². The third-order valence-corrected chi connectivity index (χ3v) is 6.78. The van der Waals surface area contributed by atoms with Crippen LogP contribution < -0.4 is 10.6 Å². The summed E-state index contributed by atoms with van der Waals surface area (Å²) in [5.74, 6) is -0.232. The summed E-state index contributed by atoms with van der Waals surface area (Å²) < 4.78 is 0. The smallest absolute Gasteiger partial charge is 0.246 e. The summed E-state index contributed by atoms with van der Waals surface area (Å²) >= 11 is 6.19. The van der Waals surface area contributed by atoms with E-state index in [0.717, 1.165) is 37.4 Å². The molecule has 0 aromatic heterocycles. The Morgan fingerprint density at radius 1 is 1.26 bits per heavy atom. The number of fused-ring (bicyclic) bond motifs is 1. The molecular weight excluding hydrogens is 410 g/mol. The zero-order valence-electron chi connectivity index (χ0n) is 19.3. The first kappa shape index (κ1) is 23.8. The van der Waals surface area contributed by atoms with Crippen molar-refractivity contribution in [2.45, 2.75) is 76.9 Å². The number of rotatable bonds is 7. The Hall–Kier alpha value is -1.85. The van der Waals surface area contributed by atoms with Crippen molar-refractivity contribution >= 4 is 23.4 Å². The van der Waals surface area contributed by atoms with Gasteiger partial charge in [0.25, 0.3) is 0 Å². The highest BCUT2D eigenvalue weighted by Crippen LogP contribution is 2.42. The lowest BCUT2D eigenvalue weighted by Crippen LogP contribution is -2.65. The molecule has 5 nitrogen and oxygen atoms in total. The molecule has 31 heavy (non-hydrogen) atoms. The molecule has 0 radical (unpaired) electrons. The van der Waals surface area contributed by atoms with E-state index in [2.05, 4.69) is 34.2 Å². The molecule has 1 saturated heterocycles. The molecule has 2 N–H and O–H groups in total. The Labute approximate surface area is 191 Å². The van der Waals surface area contributed by atoms with Crippen LogP contribution in [-0.4, -0.2) is 40.9 Å². The lowest BCUT2D eigenvalue weighted by molar-refractivity contribution is -0.136. The summed E-state index contributed by atoms with van der Waals surface area (Å²) in [4.78, 5) is 28.3. The van der Waals surface area contributed by atoms with Gasteiger partial charge < -0.3 is 10.6 Å². The van der Waals surface area contributed by atoms with Crippen LogP contribution in [0.5, 0.6) is 0 Å². The topological polar surface area (TPSA) is 61.4 Å². The summed E-state index contributed by atoms with van der Waals surface area (Å²) in [7, 11) is 0. The SMILES string of the molecule is C=CCCC(NC(C)=O)(C(=O)NC(C)(C)C)C1CCN(C2CCc3cc(Cl)ccc32)C1. The predicted molar refractivity (Wildman–Crippen MR) is 126 cm³/mol. The van der Waals surface area contributed by atoms with Crippen molar-refractivity contribution in [3.05, 3.63) is 47.0 Å². The van der Waals surface area contributed by atoms with Crippen LogP contribution in [0.25, 0.3) is 0 Å². The van der Waals surface area contributed by atoms with E-state index in [4.69, 9.17) is 11.6 Å². The van der Waals surface area contributed by atoms with Gasteiger partial charge in [0.2, 0.25) is 11.8 Å². The second-order valence-corrected chi connectivity index (χ2v) is 10.5. The van der Waals surface area contributed by atoms with Gasteiger partial charge in [-0.25, -0.2) is 0 Å². The third-order valence-electron chi connectivity index (χ3n) is 6.54. The van der Waals surface area contributed by atoms with Crippen LogP contribution >= 0.6 is 11.6 Å². The highest BCUT2D eigenvalue weighted by molar-refractivity contribution is 6.30. The van der Waals surface area contributed by atoms with E-state index >= 15 is 0 Å². The molecule has 0 spiro atoms. The molecule has 2 aliphatic rings. The number of allylic oxidation sites excluding steroid dienone is 1. The molecular formula is C25H36ClN3O2. The average Bonchev–Trinajstić information content (AvgIpc) is 3.30. The maximum absolute atomic E-state index is 13.6. The first-order valence-corrected chi connectivity index (χ1v) is 11.7. The fraction of sp³-hybridized carbons (Fsp3) is 0.600. The lowest BCUT2D eigenvalue weighted by Gasteiger charge is -2.40. The average molecular weight is 446 g/mol. The fourth-order valence-corrected chi connectivity index (χ4v) is 5.43. The maximum Gasteiger partial charge on any atom is 0.246 e. The molecule has 1 fully saturated rings. The molecule has 3 atom stereocenters. The number of nitrogens with zero attached hydrogens (tertiary/aromatic N) is 1. The summed E-state index contributed by atoms with van der Waals surface area (Å²) in [5, 5.41) is 7.01. The lowest BCUT2D eigenvalue weighted by atomic mass is 9.77. The molecule has 3 rings (SSSR count). The number of carbonyl (C=O) groups excluding carboxylic acids is 2. The Balaban J connectivity index is 1.87. The molecule has 1 aromatic rings. The van der Waals surface area contributed by atoms with Crippen molar-refractivity contribution < 1.29 is 9.59 Å². The van der Waals surface area contributed by atoms with Crippen molar-refractivity contribution in [1.82, 2.24) is 15.5 Å². The molecule has 1 aliphatic carbocycles. The van der Waals surface area contributed by atoms with E-state index in [-0.39, 0.29) is 23.3 Å². The van der Waals surface area contributed by atoms with Crippen molar-refractivity contribution in [2.24, 2.45) is 5.92 Å². The molecule has 6 heteroatoms. The minimum Gasteiger partial charge on any atom is -0.349 e. The Bertz CT molecular complexity index is 848. The quantitative estimate of drug-likeness (QED) is 0.611. The molecule has 170 valence electrons. The minimum absolute atomic E-state index is 0.0371. The normalized spacial score (nSPS) is 23.1. The van der Waals surface area contributed by atoms with Gasteiger partial charge in [0, 0.05) is 36.0 Å². The highest BCUT2D eigenvalue weighted by Gasteiger charge is 2.50. The molecule has 0 bridgehead atoms. The van der Waals surface area contributed by atoms with E-state index in [9.17, 15) is 9.59 Å². The van der Waals surface area contributed by atoms with Gasteiger partial charge >= 0.3 is 0 Å². The van der Waals surface area contributed by atoms with Crippen LogP contribution in [0.15, 0.2) is 30.9 Å². The third kappa shape index (κ3) is 5.32. The van der Waals surface area contributed by atoms with Crippen LogP contribution in [-0.2, 0) is 16.0 Å². The Kier molecular flexibility index (Phi) is 7.17. The standard InChI is InChI=1S/C25H36ClN3O2/c1-6-7-13-25(27-17(2)30,23(31)28-24(3,4)5)19-12-14-29(16-19)22-11-8-18-15-20(26)9-10-21(18)22/h6,9-10,15,19,22H,1,7-8,11-14,16H2,2-5H3,(H,27,30)(H,28,31). The maximum atomic E-state index is 13.6. The largest absolute Gasteiger partial charge is 0.349 e. The number of hydrogen-bond donors (Lipinski definition) is 2. The molecule has 3 unspecified atom stereocenters. The van der Waals surface area contributed by atoms with Gasteiger partial charge in [-0.1, -0.05) is 23.7 Å². The van der Waals surface area contributed by atoms with Crippen LogP contribution in [0.4, 0.5) is 0 Å². The summed E-state index contributed by atoms with van der Waals surface area (Å²) in [6, 6.07) is 6.53. The molecule has 0 saturated carbocycles. The highest BCUT2D eigenvalue weighted by atomic mass is 35.5. The Morgan fingerprint density at radius 3 is 2.65 bits per heavy atom. The van der Waals surface area contributed by atoms with Gasteiger partial charge in [0.05, 0.1) is 0 Å². The van der Waals surface area contributed by atoms with Gasteiger partial charge in [0.15, 0.2) is 0 Å². The van der Waals surface area contributed by atoms with E-state index in [1.54, 1.807) is 0 Å². The first-order chi connectivity index (χ1) is 14.6. The van der Waals surface area contributed by atoms with E-state index in [1.165, 1.54) is 18.1 Å². The zero-order chi connectivity index (χ0) is 22.8. The van der Waals surface area contributed by atoms with E-state index in [1.807, 2.05) is 32.9 Å². The van der Waals surface area contributed by atoms with E-state index < -0.39 is 5.54 Å². The summed E-state index contributed by atoms with van der Waals surface area (Å²) in [6.45, 7) is 12.9. The number of carbonyl (C=O) groups is 2. The second-order valence-electron chi connectivity index (χ2n) is 10.1. The van der Waals surface area contributed by atoms with Crippen molar-refractivity contribution in [1.29, 1.82) is 0 Å². The zero-order valence-corrected chi connectivity index (χ0v) is 20.0. The van der Waals surface area contributed by atoms with Crippen LogP contribution in [0.3, 0.4) is 0 Å². The van der Waals surface area contributed by atoms with E-state index in [0.29, 0.717) is 18.9 Å². The number of hydrogen-bond acceptors (Lipinski definition) is 3. The van der Waals surface area contributed by atoms with Crippen molar-refractivity contribution in [2.75, 3.05) is 13.1 Å². The monoisotopic (exact) mass is 445 g/mol. The van der Waals surface area contributed by atoms with Gasteiger partial charge in [-0.2, -0.15) is 0 Å². The fourth-order valence-electron chi connectivity index (χ4n) is 5.24. The van der Waals surface area contributed by atoms with Gasteiger partial charge in [0.1, 0.15) is 5.54 Å². The number of nitrogens with one attached hydrogen (secondary N) is 2. The summed E-state index contributed by atoms with van der Waals surface area (Å²) in [5.41, 5.74) is 1.35. The molecule has 1 heterocycles. The number of halogens is 1. The Morgan fingerprint density at radius 2 is 2.00 bits per heavy atom. The van der Waals surface area contributed by atoms with Gasteiger partial charge in [-0.05, 0) is 82.7 Å². The first-order valence-electron chi connectivity index (χ1n) is 11.3. The second kappa shape index (κ2) is 9.33. The van der Waals surface area contributed by atoms with Gasteiger partial charge in [-0.3, -0.25) is 14.5 Å². The number of benzene rings is 1. The van der Waals surface area contributed by atoms with Crippen LogP contribution in [0.2, 0.25) is 5.02 Å². The van der Waals surface area contributed by atoms with Crippen LogP contribution in [0.1, 0.15) is 70.5 Å². The predicted octanol–water partition coefficient (Wildman–Crippen LogP) is 4.41. The van der Waals surface area contributed by atoms with Gasteiger partial charge in [-0.15, -0.1) is 6.58 Å². The number of likely N-dealkylation sites (tertiary alicyclic amines) is 1. The molecule has 1 aliphatic heterocycles. The van der Waals surface area contributed by atoms with Crippen LogP contribution in [0, 0.1) is 5.92 Å². The van der Waals surface area contributed by atoms with Crippen molar-refractivity contribution in [3.63, 3.8) is 0 Å². The summed E-state index contributed by atoms with van der Waals surface area (Å²) in [6.07, 6.45) is 6.00.